The SMILES string of the molecule is Cc1cc(C)c(C(=O)CN(C)CC(F)(F)F)c(C)c1. The summed E-state index contributed by atoms with van der Waals surface area (Å²) in [5.41, 5.74) is 3.18. The zero-order chi connectivity index (χ0) is 14.8. The molecule has 0 aliphatic carbocycles. The van der Waals surface area contributed by atoms with Crippen LogP contribution in [0.4, 0.5) is 13.2 Å². The van der Waals surface area contributed by atoms with E-state index in [-0.39, 0.29) is 12.3 Å². The monoisotopic (exact) mass is 273 g/mol. The Balaban J connectivity index is 2.85. The van der Waals surface area contributed by atoms with Gasteiger partial charge < -0.3 is 0 Å². The third-order valence-corrected chi connectivity index (χ3v) is 2.82. The summed E-state index contributed by atoms with van der Waals surface area (Å²) in [6.45, 7) is 4.21. The summed E-state index contributed by atoms with van der Waals surface area (Å²) >= 11 is 0. The van der Waals surface area contributed by atoms with E-state index in [1.54, 1.807) is 13.8 Å². The van der Waals surface area contributed by atoms with Gasteiger partial charge in [0.25, 0.3) is 0 Å². The maximum absolute atomic E-state index is 12.2. The second-order valence-corrected chi connectivity index (χ2v) is 4.98. The van der Waals surface area contributed by atoms with E-state index in [9.17, 15) is 18.0 Å². The van der Waals surface area contributed by atoms with Gasteiger partial charge in [0.2, 0.25) is 0 Å². The maximum atomic E-state index is 12.2. The van der Waals surface area contributed by atoms with Crippen LogP contribution in [0.5, 0.6) is 0 Å². The van der Waals surface area contributed by atoms with Gasteiger partial charge in [-0.2, -0.15) is 13.2 Å². The minimum atomic E-state index is -4.29. The zero-order valence-corrected chi connectivity index (χ0v) is 11.6. The topological polar surface area (TPSA) is 20.3 Å². The lowest BCUT2D eigenvalue weighted by molar-refractivity contribution is -0.141. The van der Waals surface area contributed by atoms with Crippen molar-refractivity contribution in [1.29, 1.82) is 0 Å². The van der Waals surface area contributed by atoms with Gasteiger partial charge in [-0.25, -0.2) is 0 Å². The molecule has 0 aliphatic rings. The molecule has 0 spiro atoms. The van der Waals surface area contributed by atoms with Gasteiger partial charge in [-0.1, -0.05) is 17.7 Å². The first kappa shape index (κ1) is 15.7. The number of benzene rings is 1. The molecule has 1 rings (SSSR count). The van der Waals surface area contributed by atoms with Crippen molar-refractivity contribution in [3.8, 4) is 0 Å². The van der Waals surface area contributed by atoms with E-state index < -0.39 is 12.7 Å². The van der Waals surface area contributed by atoms with Crippen LogP contribution < -0.4 is 0 Å². The molecule has 5 heteroatoms. The fourth-order valence-electron chi connectivity index (χ4n) is 2.31. The molecular formula is C14H18F3NO. The van der Waals surface area contributed by atoms with Crippen LogP contribution in [0.2, 0.25) is 0 Å². The molecule has 0 N–H and O–H groups in total. The predicted octanol–water partition coefficient (Wildman–Crippen LogP) is 3.29. The molecule has 0 saturated heterocycles. The summed E-state index contributed by atoms with van der Waals surface area (Å²) in [7, 11) is 1.30. The lowest BCUT2D eigenvalue weighted by Crippen LogP contribution is -2.35. The lowest BCUT2D eigenvalue weighted by Gasteiger charge is -2.19. The Morgan fingerprint density at radius 1 is 1.16 bits per heavy atom. The third-order valence-electron chi connectivity index (χ3n) is 2.82. The van der Waals surface area contributed by atoms with Crippen LogP contribution in [-0.4, -0.2) is 37.0 Å². The van der Waals surface area contributed by atoms with Gasteiger partial charge in [0.15, 0.2) is 5.78 Å². The highest BCUT2D eigenvalue weighted by atomic mass is 19.4. The van der Waals surface area contributed by atoms with Gasteiger partial charge in [0, 0.05) is 5.56 Å². The minimum Gasteiger partial charge on any atom is -0.293 e. The quantitative estimate of drug-likeness (QED) is 0.785. The van der Waals surface area contributed by atoms with Gasteiger partial charge in [0.05, 0.1) is 13.1 Å². The Labute approximate surface area is 111 Å². The summed E-state index contributed by atoms with van der Waals surface area (Å²) in [5, 5.41) is 0. The van der Waals surface area contributed by atoms with E-state index in [4.69, 9.17) is 0 Å². The first-order valence-corrected chi connectivity index (χ1v) is 5.96. The Bertz CT molecular complexity index is 457. The molecule has 0 unspecified atom stereocenters. The summed E-state index contributed by atoms with van der Waals surface area (Å²) < 4.78 is 36.7. The second-order valence-electron chi connectivity index (χ2n) is 4.98. The lowest BCUT2D eigenvalue weighted by atomic mass is 9.96. The fourth-order valence-corrected chi connectivity index (χ4v) is 2.31. The van der Waals surface area contributed by atoms with Crippen LogP contribution in [-0.2, 0) is 0 Å². The summed E-state index contributed by atoms with van der Waals surface area (Å²) in [5.74, 6) is -0.276. The van der Waals surface area contributed by atoms with Crippen LogP contribution in [0.3, 0.4) is 0 Å². The van der Waals surface area contributed by atoms with Crippen molar-refractivity contribution < 1.29 is 18.0 Å². The highest BCUT2D eigenvalue weighted by Gasteiger charge is 2.30. The standard InChI is InChI=1S/C14H18F3NO/c1-9-5-10(2)13(11(3)6-9)12(19)7-18(4)8-14(15,16)17/h5-6H,7-8H2,1-4H3. The molecule has 0 aliphatic heterocycles. The van der Waals surface area contributed by atoms with Crippen LogP contribution in [0.25, 0.3) is 0 Å². The Morgan fingerprint density at radius 3 is 2.05 bits per heavy atom. The van der Waals surface area contributed by atoms with Crippen molar-refractivity contribution in [2.24, 2.45) is 0 Å². The first-order valence-electron chi connectivity index (χ1n) is 5.96. The molecule has 0 atom stereocenters. The molecule has 2 nitrogen and oxygen atoms in total. The molecule has 0 bridgehead atoms. The number of likely N-dealkylation sites (N-methyl/N-ethyl adjacent to an activating group) is 1. The number of carbonyl (C=O) groups excluding carboxylic acids is 1. The molecule has 0 radical (unpaired) electrons. The van der Waals surface area contributed by atoms with Crippen molar-refractivity contribution in [2.45, 2.75) is 26.9 Å². The number of alkyl halides is 3. The molecule has 1 aromatic rings. The maximum Gasteiger partial charge on any atom is 0.401 e. The van der Waals surface area contributed by atoms with Crippen molar-refractivity contribution in [2.75, 3.05) is 20.1 Å². The highest BCUT2D eigenvalue weighted by molar-refractivity contribution is 6.00. The first-order chi connectivity index (χ1) is 8.60. The number of hydrogen-bond donors (Lipinski definition) is 0. The number of rotatable bonds is 4. The van der Waals surface area contributed by atoms with Crippen LogP contribution in [0.15, 0.2) is 12.1 Å². The molecule has 1 aromatic carbocycles. The van der Waals surface area contributed by atoms with Crippen LogP contribution in [0, 0.1) is 20.8 Å². The van der Waals surface area contributed by atoms with Gasteiger partial charge in [-0.15, -0.1) is 0 Å². The summed E-state index contributed by atoms with van der Waals surface area (Å²) in [4.78, 5) is 13.1. The normalized spacial score (nSPS) is 12.0. The van der Waals surface area contributed by atoms with E-state index in [1.807, 2.05) is 19.1 Å². The minimum absolute atomic E-state index is 0.232. The Kier molecular flexibility index (Phi) is 4.74. The predicted molar refractivity (Wildman–Crippen MR) is 68.5 cm³/mol. The summed E-state index contributed by atoms with van der Waals surface area (Å²) in [6.07, 6.45) is -4.29. The molecule has 0 saturated carbocycles. The molecule has 0 heterocycles. The van der Waals surface area contributed by atoms with Gasteiger partial charge in [0.1, 0.15) is 0 Å². The smallest absolute Gasteiger partial charge is 0.293 e. The van der Waals surface area contributed by atoms with Gasteiger partial charge >= 0.3 is 6.18 Å². The molecular weight excluding hydrogens is 255 g/mol. The van der Waals surface area contributed by atoms with Gasteiger partial charge in [-0.3, -0.25) is 9.69 Å². The number of carbonyl (C=O) groups is 1. The van der Waals surface area contributed by atoms with E-state index in [1.165, 1.54) is 7.05 Å². The zero-order valence-electron chi connectivity index (χ0n) is 11.6. The largest absolute Gasteiger partial charge is 0.401 e. The van der Waals surface area contributed by atoms with E-state index in [2.05, 4.69) is 0 Å². The number of Topliss-reactive ketones (excluding diaryl/α,β-unsaturated/α-hetero) is 1. The molecule has 106 valence electrons. The Morgan fingerprint density at radius 2 is 1.63 bits per heavy atom. The molecule has 0 aromatic heterocycles. The van der Waals surface area contributed by atoms with E-state index >= 15 is 0 Å². The average Bonchev–Trinajstić information content (AvgIpc) is 2.10. The molecule has 19 heavy (non-hydrogen) atoms. The van der Waals surface area contributed by atoms with Crippen molar-refractivity contribution in [3.05, 3.63) is 34.4 Å². The number of nitrogens with zero attached hydrogens (tertiary/aromatic N) is 1. The number of aryl methyl sites for hydroxylation is 3. The fraction of sp³-hybridized carbons (Fsp3) is 0.500. The third kappa shape index (κ3) is 4.67. The van der Waals surface area contributed by atoms with Gasteiger partial charge in [-0.05, 0) is 38.9 Å². The number of hydrogen-bond acceptors (Lipinski definition) is 2. The van der Waals surface area contributed by atoms with Crippen molar-refractivity contribution in [3.63, 3.8) is 0 Å². The summed E-state index contributed by atoms with van der Waals surface area (Å²) in [6, 6.07) is 3.73. The number of halogens is 3. The number of ketones is 1. The second kappa shape index (κ2) is 5.74. The highest BCUT2D eigenvalue weighted by Crippen LogP contribution is 2.19. The van der Waals surface area contributed by atoms with Crippen LogP contribution >= 0.6 is 0 Å². The molecule has 0 amide bonds. The van der Waals surface area contributed by atoms with E-state index in [0.717, 1.165) is 21.6 Å². The van der Waals surface area contributed by atoms with Crippen molar-refractivity contribution >= 4 is 5.78 Å². The van der Waals surface area contributed by atoms with E-state index in [0.29, 0.717) is 5.56 Å². The average molecular weight is 273 g/mol. The molecule has 0 fully saturated rings. The Hall–Kier alpha value is -1.36. The van der Waals surface area contributed by atoms with Crippen molar-refractivity contribution in [1.82, 2.24) is 4.90 Å². The van der Waals surface area contributed by atoms with Crippen LogP contribution in [0.1, 0.15) is 27.0 Å².